The summed E-state index contributed by atoms with van der Waals surface area (Å²) in [7, 11) is 0. The summed E-state index contributed by atoms with van der Waals surface area (Å²) < 4.78 is 5.14. The molecule has 1 atom stereocenters. The van der Waals surface area contributed by atoms with Gasteiger partial charge in [0.25, 0.3) is 5.95 Å². The molecule has 1 aromatic rings. The van der Waals surface area contributed by atoms with Crippen LogP contribution in [0.15, 0.2) is 4.52 Å². The van der Waals surface area contributed by atoms with Crippen molar-refractivity contribution in [1.29, 1.82) is 0 Å². The van der Waals surface area contributed by atoms with E-state index >= 15 is 0 Å². The van der Waals surface area contributed by atoms with Gasteiger partial charge in [-0.25, -0.2) is 0 Å². The standard InChI is InChI=1S/C10H20N4O/c1-4-14(5-2)10-12-9(15-13-10)7-6-8(3)11/h8H,4-7,11H2,1-3H3. The number of anilines is 1. The first-order valence-corrected chi connectivity index (χ1v) is 5.50. The predicted octanol–water partition coefficient (Wildman–Crippen LogP) is 1.20. The molecule has 0 amide bonds. The Hall–Kier alpha value is -1.10. The third-order valence-corrected chi connectivity index (χ3v) is 2.32. The fraction of sp³-hybridized carbons (Fsp3) is 0.800. The van der Waals surface area contributed by atoms with E-state index in [-0.39, 0.29) is 6.04 Å². The van der Waals surface area contributed by atoms with Gasteiger partial charge in [-0.15, -0.1) is 0 Å². The number of aryl methyl sites for hydroxylation is 1. The second-order valence-electron chi connectivity index (χ2n) is 3.68. The number of nitrogens with two attached hydrogens (primary N) is 1. The van der Waals surface area contributed by atoms with Gasteiger partial charge in [0.1, 0.15) is 0 Å². The molecule has 0 saturated heterocycles. The van der Waals surface area contributed by atoms with Crippen LogP contribution in [-0.4, -0.2) is 29.3 Å². The van der Waals surface area contributed by atoms with Gasteiger partial charge >= 0.3 is 0 Å². The molecule has 0 fully saturated rings. The van der Waals surface area contributed by atoms with Crippen LogP contribution in [0.25, 0.3) is 0 Å². The Morgan fingerprint density at radius 2 is 2.07 bits per heavy atom. The fourth-order valence-electron chi connectivity index (χ4n) is 1.33. The van der Waals surface area contributed by atoms with E-state index in [0.717, 1.165) is 25.9 Å². The topological polar surface area (TPSA) is 68.2 Å². The van der Waals surface area contributed by atoms with Crippen molar-refractivity contribution < 1.29 is 4.52 Å². The third kappa shape index (κ3) is 3.51. The second kappa shape index (κ2) is 5.70. The molecule has 0 saturated carbocycles. The lowest BCUT2D eigenvalue weighted by Gasteiger charge is -2.14. The molecule has 2 N–H and O–H groups in total. The monoisotopic (exact) mass is 212 g/mol. The zero-order valence-corrected chi connectivity index (χ0v) is 9.73. The SMILES string of the molecule is CCN(CC)c1noc(CCC(C)N)n1. The van der Waals surface area contributed by atoms with Gasteiger partial charge in [0, 0.05) is 25.6 Å². The van der Waals surface area contributed by atoms with Crippen molar-refractivity contribution >= 4 is 5.95 Å². The summed E-state index contributed by atoms with van der Waals surface area (Å²) in [6.45, 7) is 7.90. The Morgan fingerprint density at radius 3 is 2.60 bits per heavy atom. The molecule has 1 aromatic heterocycles. The number of rotatable bonds is 6. The minimum absolute atomic E-state index is 0.175. The lowest BCUT2D eigenvalue weighted by atomic mass is 10.2. The average molecular weight is 212 g/mol. The molecular weight excluding hydrogens is 192 g/mol. The Kier molecular flexibility index (Phi) is 4.55. The van der Waals surface area contributed by atoms with Crippen LogP contribution in [0.2, 0.25) is 0 Å². The number of nitrogens with zero attached hydrogens (tertiary/aromatic N) is 3. The molecule has 0 aliphatic rings. The summed E-state index contributed by atoms with van der Waals surface area (Å²) >= 11 is 0. The Morgan fingerprint density at radius 1 is 1.40 bits per heavy atom. The molecule has 0 spiro atoms. The predicted molar refractivity (Wildman–Crippen MR) is 59.8 cm³/mol. The first kappa shape index (κ1) is 12.0. The maximum Gasteiger partial charge on any atom is 0.266 e. The largest absolute Gasteiger partial charge is 0.339 e. The van der Waals surface area contributed by atoms with Crippen LogP contribution in [0.1, 0.15) is 33.1 Å². The summed E-state index contributed by atoms with van der Waals surface area (Å²) in [4.78, 5) is 6.37. The van der Waals surface area contributed by atoms with Gasteiger partial charge in [-0.3, -0.25) is 0 Å². The molecule has 1 rings (SSSR count). The quantitative estimate of drug-likeness (QED) is 0.767. The van der Waals surface area contributed by atoms with Crippen molar-refractivity contribution in [2.45, 2.75) is 39.7 Å². The van der Waals surface area contributed by atoms with Gasteiger partial charge in [0.05, 0.1) is 0 Å². The van der Waals surface area contributed by atoms with Crippen LogP contribution in [0.4, 0.5) is 5.95 Å². The van der Waals surface area contributed by atoms with Gasteiger partial charge in [-0.2, -0.15) is 4.98 Å². The van der Waals surface area contributed by atoms with E-state index in [1.54, 1.807) is 0 Å². The maximum atomic E-state index is 5.66. The summed E-state index contributed by atoms with van der Waals surface area (Å²) in [5.41, 5.74) is 5.66. The highest BCUT2D eigenvalue weighted by Crippen LogP contribution is 2.10. The Labute approximate surface area is 90.6 Å². The van der Waals surface area contributed by atoms with Gasteiger partial charge in [-0.05, 0) is 32.3 Å². The van der Waals surface area contributed by atoms with Crippen molar-refractivity contribution in [2.24, 2.45) is 5.73 Å². The van der Waals surface area contributed by atoms with Crippen molar-refractivity contribution in [3.63, 3.8) is 0 Å². The van der Waals surface area contributed by atoms with E-state index in [1.165, 1.54) is 0 Å². The van der Waals surface area contributed by atoms with Gasteiger partial charge in [0.15, 0.2) is 0 Å². The van der Waals surface area contributed by atoms with Gasteiger partial charge < -0.3 is 15.2 Å². The zero-order valence-electron chi connectivity index (χ0n) is 9.73. The maximum absolute atomic E-state index is 5.66. The molecular formula is C10H20N4O. The molecule has 0 bridgehead atoms. The molecule has 5 nitrogen and oxygen atoms in total. The highest BCUT2D eigenvalue weighted by molar-refractivity contribution is 5.26. The van der Waals surface area contributed by atoms with E-state index in [9.17, 15) is 0 Å². The summed E-state index contributed by atoms with van der Waals surface area (Å²) in [5.74, 6) is 1.36. The van der Waals surface area contributed by atoms with Crippen LogP contribution in [0.5, 0.6) is 0 Å². The number of hydrogen-bond donors (Lipinski definition) is 1. The van der Waals surface area contributed by atoms with Crippen LogP contribution in [-0.2, 0) is 6.42 Å². The number of hydrogen-bond acceptors (Lipinski definition) is 5. The Bertz CT molecular complexity index is 281. The normalized spacial score (nSPS) is 12.8. The number of aromatic nitrogens is 2. The fourth-order valence-corrected chi connectivity index (χ4v) is 1.33. The third-order valence-electron chi connectivity index (χ3n) is 2.32. The van der Waals surface area contributed by atoms with Crippen molar-refractivity contribution in [3.8, 4) is 0 Å². The van der Waals surface area contributed by atoms with Crippen LogP contribution >= 0.6 is 0 Å². The second-order valence-corrected chi connectivity index (χ2v) is 3.68. The van der Waals surface area contributed by atoms with Gasteiger partial charge in [-0.1, -0.05) is 0 Å². The summed E-state index contributed by atoms with van der Waals surface area (Å²) in [5, 5.41) is 3.94. The van der Waals surface area contributed by atoms with Crippen molar-refractivity contribution in [1.82, 2.24) is 10.1 Å². The molecule has 15 heavy (non-hydrogen) atoms. The molecule has 5 heteroatoms. The zero-order chi connectivity index (χ0) is 11.3. The molecule has 0 radical (unpaired) electrons. The minimum atomic E-state index is 0.175. The Balaban J connectivity index is 2.55. The van der Waals surface area contributed by atoms with E-state index in [2.05, 4.69) is 28.9 Å². The minimum Gasteiger partial charge on any atom is -0.339 e. The molecule has 0 aliphatic heterocycles. The summed E-state index contributed by atoms with van der Waals surface area (Å²) in [6.07, 6.45) is 1.63. The van der Waals surface area contributed by atoms with E-state index in [0.29, 0.717) is 11.8 Å². The lowest BCUT2D eigenvalue weighted by Crippen LogP contribution is -2.23. The molecule has 86 valence electrons. The van der Waals surface area contributed by atoms with Crippen LogP contribution in [0.3, 0.4) is 0 Å². The smallest absolute Gasteiger partial charge is 0.266 e. The molecule has 1 unspecified atom stereocenters. The molecule has 0 aliphatic carbocycles. The van der Waals surface area contributed by atoms with E-state index in [1.807, 2.05) is 6.92 Å². The average Bonchev–Trinajstić information content (AvgIpc) is 2.65. The van der Waals surface area contributed by atoms with E-state index in [4.69, 9.17) is 10.3 Å². The first-order valence-electron chi connectivity index (χ1n) is 5.50. The lowest BCUT2D eigenvalue weighted by molar-refractivity contribution is 0.371. The first-order chi connectivity index (χ1) is 7.17. The van der Waals surface area contributed by atoms with E-state index < -0.39 is 0 Å². The van der Waals surface area contributed by atoms with Crippen molar-refractivity contribution in [3.05, 3.63) is 5.89 Å². The molecule has 0 aromatic carbocycles. The van der Waals surface area contributed by atoms with Crippen LogP contribution in [0, 0.1) is 0 Å². The van der Waals surface area contributed by atoms with Crippen molar-refractivity contribution in [2.75, 3.05) is 18.0 Å². The highest BCUT2D eigenvalue weighted by Gasteiger charge is 2.11. The van der Waals surface area contributed by atoms with Crippen LogP contribution < -0.4 is 10.6 Å². The van der Waals surface area contributed by atoms with Gasteiger partial charge in [0.2, 0.25) is 5.89 Å². The summed E-state index contributed by atoms with van der Waals surface area (Å²) in [6, 6.07) is 0.175. The molecule has 1 heterocycles. The highest BCUT2D eigenvalue weighted by atomic mass is 16.5.